The minimum absolute atomic E-state index is 0.684. The molecule has 0 aromatic carbocycles. The van der Waals surface area contributed by atoms with Crippen LogP contribution in [0.2, 0.25) is 6.32 Å². The first-order chi connectivity index (χ1) is 7.57. The van der Waals surface area contributed by atoms with Crippen molar-refractivity contribution in [2.45, 2.75) is 72.3 Å². The van der Waals surface area contributed by atoms with Crippen molar-refractivity contribution in [3.05, 3.63) is 0 Å². The Hall–Kier alpha value is -0.0151. The monoisotopic (exact) mass is 224 g/mol. The molecule has 1 rings (SSSR count). The lowest BCUT2D eigenvalue weighted by atomic mass is 9.63. The molecule has 0 N–H and O–H groups in total. The smallest absolute Gasteiger partial charge is 0.311 e. The third kappa shape index (κ3) is 3.49. The van der Waals surface area contributed by atoms with E-state index >= 15 is 0 Å². The van der Waals surface area contributed by atoms with E-state index in [2.05, 4.69) is 44.2 Å². The lowest BCUT2D eigenvalue weighted by Crippen LogP contribution is -2.61. The van der Waals surface area contributed by atoms with E-state index < -0.39 is 0 Å². The highest BCUT2D eigenvalue weighted by Crippen LogP contribution is 2.21. The van der Waals surface area contributed by atoms with Crippen molar-refractivity contribution in [3.8, 4) is 0 Å². The van der Waals surface area contributed by atoms with Gasteiger partial charge in [-0.1, -0.05) is 47.5 Å². The Labute approximate surface area is 103 Å². The second-order valence-corrected chi connectivity index (χ2v) is 5.64. The van der Waals surface area contributed by atoms with Gasteiger partial charge in [-0.3, -0.25) is 0 Å². The fraction of sp³-hybridized carbons (Fsp3) is 1.00. The SMILES string of the molecule is CCCCB1N(C(C)C)CCCN1C(C)C. The number of hydrogen-bond donors (Lipinski definition) is 0. The Morgan fingerprint density at radius 2 is 1.50 bits per heavy atom. The molecule has 0 amide bonds. The van der Waals surface area contributed by atoms with Crippen LogP contribution in [0.3, 0.4) is 0 Å². The van der Waals surface area contributed by atoms with Crippen LogP contribution in [0.4, 0.5) is 0 Å². The van der Waals surface area contributed by atoms with Gasteiger partial charge in [-0.15, -0.1) is 0 Å². The van der Waals surface area contributed by atoms with Gasteiger partial charge in [0, 0.05) is 0 Å². The standard InChI is InChI=1S/C13H29BN2/c1-6-7-9-14-15(12(2)3)10-8-11-16(14)13(4)5/h12-13H,6-11H2,1-5H3. The highest BCUT2D eigenvalue weighted by molar-refractivity contribution is 6.53. The highest BCUT2D eigenvalue weighted by atomic mass is 15.3. The summed E-state index contributed by atoms with van der Waals surface area (Å²) in [5.74, 6) is 0. The third-order valence-electron chi connectivity index (χ3n) is 3.74. The first-order valence-electron chi connectivity index (χ1n) is 7.09. The summed E-state index contributed by atoms with van der Waals surface area (Å²) in [5, 5.41) is 0. The maximum Gasteiger partial charge on any atom is 0.311 e. The molecule has 0 bridgehead atoms. The van der Waals surface area contributed by atoms with Crippen LogP contribution in [0.15, 0.2) is 0 Å². The largest absolute Gasteiger partial charge is 0.326 e. The lowest BCUT2D eigenvalue weighted by molar-refractivity contribution is 0.223. The number of rotatable bonds is 5. The van der Waals surface area contributed by atoms with Gasteiger partial charge in [0.1, 0.15) is 0 Å². The maximum atomic E-state index is 2.69. The van der Waals surface area contributed by atoms with Gasteiger partial charge in [0.15, 0.2) is 0 Å². The predicted molar refractivity (Wildman–Crippen MR) is 73.8 cm³/mol. The molecule has 2 nitrogen and oxygen atoms in total. The van der Waals surface area contributed by atoms with Crippen LogP contribution >= 0.6 is 0 Å². The Balaban J connectivity index is 2.68. The molecule has 1 aliphatic heterocycles. The number of hydrogen-bond acceptors (Lipinski definition) is 2. The molecule has 1 saturated heterocycles. The quantitative estimate of drug-likeness (QED) is 0.662. The topological polar surface area (TPSA) is 6.48 Å². The van der Waals surface area contributed by atoms with Gasteiger partial charge in [-0.2, -0.15) is 0 Å². The molecule has 0 radical (unpaired) electrons. The van der Waals surface area contributed by atoms with Gasteiger partial charge in [0.2, 0.25) is 0 Å². The second-order valence-electron chi connectivity index (χ2n) is 5.64. The minimum atomic E-state index is 0.684. The van der Waals surface area contributed by atoms with E-state index in [0.29, 0.717) is 19.1 Å². The van der Waals surface area contributed by atoms with Crippen LogP contribution in [-0.4, -0.2) is 41.8 Å². The maximum absolute atomic E-state index is 2.69. The van der Waals surface area contributed by atoms with Crippen molar-refractivity contribution in [2.24, 2.45) is 0 Å². The molecule has 0 aliphatic carbocycles. The van der Waals surface area contributed by atoms with Gasteiger partial charge in [0.25, 0.3) is 0 Å². The summed E-state index contributed by atoms with van der Waals surface area (Å²) in [4.78, 5) is 5.39. The normalized spacial score (nSPS) is 20.1. The molecule has 1 fully saturated rings. The molecule has 16 heavy (non-hydrogen) atoms. The van der Waals surface area contributed by atoms with E-state index in [4.69, 9.17) is 0 Å². The molecular formula is C13H29BN2. The first kappa shape index (κ1) is 14.0. The average molecular weight is 224 g/mol. The van der Waals surface area contributed by atoms with Crippen LogP contribution in [0, 0.1) is 0 Å². The first-order valence-corrected chi connectivity index (χ1v) is 7.09. The van der Waals surface area contributed by atoms with E-state index in [1.807, 2.05) is 0 Å². The van der Waals surface area contributed by atoms with Crippen molar-refractivity contribution in [2.75, 3.05) is 13.1 Å². The van der Waals surface area contributed by atoms with Gasteiger partial charge >= 0.3 is 6.98 Å². The Bertz CT molecular complexity index is 178. The van der Waals surface area contributed by atoms with Crippen molar-refractivity contribution in [1.82, 2.24) is 9.62 Å². The van der Waals surface area contributed by atoms with E-state index in [1.54, 1.807) is 0 Å². The number of nitrogens with zero attached hydrogens (tertiary/aromatic N) is 2. The van der Waals surface area contributed by atoms with Gasteiger partial charge in [-0.25, -0.2) is 0 Å². The van der Waals surface area contributed by atoms with Crippen molar-refractivity contribution in [1.29, 1.82) is 0 Å². The fourth-order valence-electron chi connectivity index (χ4n) is 2.85. The Morgan fingerprint density at radius 1 is 1.00 bits per heavy atom. The summed E-state index contributed by atoms with van der Waals surface area (Å²) >= 11 is 0. The predicted octanol–water partition coefficient (Wildman–Crippen LogP) is 3.10. The molecule has 1 heterocycles. The van der Waals surface area contributed by atoms with Gasteiger partial charge in [0.05, 0.1) is 0 Å². The zero-order valence-corrected chi connectivity index (χ0v) is 11.9. The van der Waals surface area contributed by atoms with Crippen molar-refractivity contribution >= 4 is 6.98 Å². The molecule has 0 saturated carbocycles. The molecule has 0 unspecified atom stereocenters. The Morgan fingerprint density at radius 3 is 1.88 bits per heavy atom. The molecule has 94 valence electrons. The zero-order chi connectivity index (χ0) is 12.1. The summed E-state index contributed by atoms with van der Waals surface area (Å²) in [6, 6.07) is 1.37. The second kappa shape index (κ2) is 6.66. The van der Waals surface area contributed by atoms with Crippen molar-refractivity contribution < 1.29 is 0 Å². The molecular weight excluding hydrogens is 195 g/mol. The van der Waals surface area contributed by atoms with Crippen LogP contribution in [0.1, 0.15) is 53.9 Å². The average Bonchev–Trinajstić information content (AvgIpc) is 2.25. The Kier molecular flexibility index (Phi) is 5.84. The molecule has 3 heteroatoms. The third-order valence-corrected chi connectivity index (χ3v) is 3.74. The highest BCUT2D eigenvalue weighted by Gasteiger charge is 2.35. The molecule has 0 spiro atoms. The molecule has 0 atom stereocenters. The summed E-state index contributed by atoms with van der Waals surface area (Å²) < 4.78 is 0. The fourth-order valence-corrected chi connectivity index (χ4v) is 2.85. The van der Waals surface area contributed by atoms with E-state index in [-0.39, 0.29) is 0 Å². The summed E-state index contributed by atoms with van der Waals surface area (Å²) in [7, 11) is 0. The van der Waals surface area contributed by atoms with Crippen LogP contribution in [0.5, 0.6) is 0 Å². The van der Waals surface area contributed by atoms with Gasteiger partial charge in [-0.05, 0) is 37.9 Å². The lowest BCUT2D eigenvalue weighted by Gasteiger charge is -2.45. The summed E-state index contributed by atoms with van der Waals surface area (Å²) in [6.45, 7) is 14.9. The number of unbranched alkanes of at least 4 members (excludes halogenated alkanes) is 1. The van der Waals surface area contributed by atoms with Gasteiger partial charge < -0.3 is 9.62 Å². The summed E-state index contributed by atoms with van der Waals surface area (Å²) in [6.07, 6.45) is 5.34. The molecule has 0 aromatic rings. The van der Waals surface area contributed by atoms with Crippen LogP contribution < -0.4 is 0 Å². The summed E-state index contributed by atoms with van der Waals surface area (Å²) in [5.41, 5.74) is 0. The van der Waals surface area contributed by atoms with E-state index in [0.717, 1.165) is 0 Å². The zero-order valence-electron chi connectivity index (χ0n) is 11.9. The molecule has 0 aromatic heterocycles. The molecule has 1 aliphatic rings. The van der Waals surface area contributed by atoms with E-state index in [9.17, 15) is 0 Å². The van der Waals surface area contributed by atoms with E-state index in [1.165, 1.54) is 38.7 Å². The van der Waals surface area contributed by atoms with Crippen LogP contribution in [-0.2, 0) is 0 Å². The van der Waals surface area contributed by atoms with Crippen molar-refractivity contribution in [3.63, 3.8) is 0 Å². The minimum Gasteiger partial charge on any atom is -0.326 e. The van der Waals surface area contributed by atoms with Crippen LogP contribution in [0.25, 0.3) is 0 Å².